The van der Waals surface area contributed by atoms with E-state index in [1.807, 2.05) is 53.1 Å². The van der Waals surface area contributed by atoms with E-state index in [9.17, 15) is 9.90 Å². The molecule has 1 fully saturated rings. The van der Waals surface area contributed by atoms with Crippen LogP contribution in [0.15, 0.2) is 36.9 Å². The maximum absolute atomic E-state index is 12.1. The average Bonchev–Trinajstić information content (AvgIpc) is 3.03. The van der Waals surface area contributed by atoms with Crippen LogP contribution in [-0.4, -0.2) is 22.2 Å². The topological polar surface area (TPSA) is 55.3 Å². The van der Waals surface area contributed by atoms with Crippen molar-refractivity contribution in [2.24, 2.45) is 7.05 Å². The number of hydrogen-bond acceptors (Lipinski definition) is 3. The van der Waals surface area contributed by atoms with Gasteiger partial charge in [0.1, 0.15) is 31.3 Å². The molecule has 0 spiro atoms. The van der Waals surface area contributed by atoms with E-state index < -0.39 is 0 Å². The van der Waals surface area contributed by atoms with Crippen LogP contribution in [0.25, 0.3) is 0 Å². The van der Waals surface area contributed by atoms with Gasteiger partial charge in [0.05, 0.1) is 13.5 Å². The molecule has 1 aromatic heterocycles. The summed E-state index contributed by atoms with van der Waals surface area (Å²) in [6.45, 7) is 0.956. The zero-order chi connectivity index (χ0) is 17.6. The van der Waals surface area contributed by atoms with Gasteiger partial charge in [-0.15, -0.1) is 0 Å². The van der Waals surface area contributed by atoms with Crippen LogP contribution in [-0.2, 0) is 29.5 Å². The van der Waals surface area contributed by atoms with Crippen molar-refractivity contribution >= 4 is 5.97 Å². The number of para-hydroxylation sites is 1. The minimum atomic E-state index is -0.298. The summed E-state index contributed by atoms with van der Waals surface area (Å²) in [4.78, 5) is 12.1. The van der Waals surface area contributed by atoms with Gasteiger partial charge in [-0.2, -0.15) is 0 Å². The Kier molecular flexibility index (Phi) is 7.93. The second-order valence-corrected chi connectivity index (χ2v) is 6.90. The van der Waals surface area contributed by atoms with Gasteiger partial charge in [0.25, 0.3) is 0 Å². The second kappa shape index (κ2) is 9.94. The number of esters is 1. The highest BCUT2D eigenvalue weighted by Crippen LogP contribution is 2.38. The van der Waals surface area contributed by atoms with Gasteiger partial charge < -0.3 is 33.8 Å². The number of hydrogen-bond donors (Lipinski definition) is 1. The van der Waals surface area contributed by atoms with E-state index in [0.717, 1.165) is 18.4 Å². The fourth-order valence-electron chi connectivity index (χ4n) is 3.60. The number of phenols is 1. The van der Waals surface area contributed by atoms with Crippen molar-refractivity contribution in [3.63, 3.8) is 0 Å². The van der Waals surface area contributed by atoms with Crippen LogP contribution in [0.1, 0.15) is 49.1 Å². The molecule has 6 heteroatoms. The Morgan fingerprint density at radius 2 is 2.08 bits per heavy atom. The molecule has 0 amide bonds. The third-order valence-electron chi connectivity index (χ3n) is 4.97. The fraction of sp³-hybridized carbons (Fsp3) is 0.500. The monoisotopic (exact) mass is 470 g/mol. The molecule has 5 nitrogen and oxygen atoms in total. The third-order valence-corrected chi connectivity index (χ3v) is 4.97. The SMILES string of the molecule is C[n+]1ccn(CCOC(=O)Cc2cccc(C3CCCCC3)c2O)c1.[I-]. The summed E-state index contributed by atoms with van der Waals surface area (Å²) in [6.07, 6.45) is 11.9. The van der Waals surface area contributed by atoms with E-state index >= 15 is 0 Å². The van der Waals surface area contributed by atoms with E-state index in [0.29, 0.717) is 24.6 Å². The molecule has 0 radical (unpaired) electrons. The number of aromatic hydroxyl groups is 1. The Bertz CT molecular complexity index is 724. The molecule has 0 unspecified atom stereocenters. The standard InChI is InChI=1S/C20H26N2O3.HI/c1-21-10-11-22(15-21)12-13-25-19(23)14-17-8-5-9-18(20(17)24)16-6-3-2-4-7-16;/h5,8-11,15-16H,2-4,6-7,12-14H2,1H3;1H. The largest absolute Gasteiger partial charge is 1.00 e. The first-order valence-electron chi connectivity index (χ1n) is 9.11. The summed E-state index contributed by atoms with van der Waals surface area (Å²) < 4.78 is 9.23. The average molecular weight is 470 g/mol. The highest BCUT2D eigenvalue weighted by Gasteiger charge is 2.21. The predicted octanol–water partition coefficient (Wildman–Crippen LogP) is -0.144. The Morgan fingerprint density at radius 3 is 2.77 bits per heavy atom. The molecule has 1 aliphatic rings. The molecule has 26 heavy (non-hydrogen) atoms. The maximum atomic E-state index is 12.1. The van der Waals surface area contributed by atoms with Gasteiger partial charge in [-0.25, -0.2) is 9.13 Å². The van der Waals surface area contributed by atoms with Crippen molar-refractivity contribution < 1.29 is 43.2 Å². The molecule has 1 N–H and O–H groups in total. The van der Waals surface area contributed by atoms with Crippen LogP contribution in [0, 0.1) is 0 Å². The van der Waals surface area contributed by atoms with E-state index in [2.05, 4.69) is 0 Å². The molecule has 2 aromatic rings. The molecule has 0 aliphatic heterocycles. The van der Waals surface area contributed by atoms with Crippen molar-refractivity contribution in [3.05, 3.63) is 48.0 Å². The van der Waals surface area contributed by atoms with E-state index in [4.69, 9.17) is 4.74 Å². The van der Waals surface area contributed by atoms with Crippen LogP contribution in [0.2, 0.25) is 0 Å². The molecule has 0 saturated heterocycles. The first-order chi connectivity index (χ1) is 12.1. The molecular weight excluding hydrogens is 443 g/mol. The number of imidazole rings is 1. The molecule has 1 aliphatic carbocycles. The molecule has 142 valence electrons. The summed E-state index contributed by atoms with van der Waals surface area (Å²) in [7, 11) is 1.95. The van der Waals surface area contributed by atoms with Gasteiger partial charge >= 0.3 is 5.97 Å². The fourth-order valence-corrected chi connectivity index (χ4v) is 3.60. The van der Waals surface area contributed by atoms with Crippen molar-refractivity contribution in [2.75, 3.05) is 6.61 Å². The summed E-state index contributed by atoms with van der Waals surface area (Å²) in [6, 6.07) is 5.74. The Morgan fingerprint density at radius 1 is 1.31 bits per heavy atom. The van der Waals surface area contributed by atoms with Gasteiger partial charge in [-0.3, -0.25) is 4.79 Å². The molecule has 3 rings (SSSR count). The number of phenolic OH excluding ortho intramolecular Hbond substituents is 1. The lowest BCUT2D eigenvalue weighted by molar-refractivity contribution is -0.671. The van der Waals surface area contributed by atoms with Crippen LogP contribution < -0.4 is 28.5 Å². The van der Waals surface area contributed by atoms with Crippen molar-refractivity contribution in [1.29, 1.82) is 0 Å². The number of benzene rings is 1. The number of carbonyl (C=O) groups excluding carboxylic acids is 1. The van der Waals surface area contributed by atoms with Crippen LogP contribution >= 0.6 is 0 Å². The lowest BCUT2D eigenvalue weighted by atomic mass is 9.83. The normalized spacial score (nSPS) is 14.7. The molecular formula is C20H27IN2O3. The molecule has 0 atom stereocenters. The minimum Gasteiger partial charge on any atom is -1.00 e. The highest BCUT2D eigenvalue weighted by molar-refractivity contribution is 5.73. The van der Waals surface area contributed by atoms with Gasteiger partial charge in [-0.1, -0.05) is 37.5 Å². The number of ether oxygens (including phenoxy) is 1. The summed E-state index contributed by atoms with van der Waals surface area (Å²) >= 11 is 0. The first kappa shape index (κ1) is 20.7. The number of halogens is 1. The number of aromatic nitrogens is 2. The van der Waals surface area contributed by atoms with Gasteiger partial charge in [-0.05, 0) is 24.3 Å². The first-order valence-corrected chi connectivity index (χ1v) is 9.11. The zero-order valence-corrected chi connectivity index (χ0v) is 17.4. The van der Waals surface area contributed by atoms with E-state index in [-0.39, 0.29) is 42.1 Å². The maximum Gasteiger partial charge on any atom is 0.310 e. The number of carbonyl (C=O) groups is 1. The summed E-state index contributed by atoms with van der Waals surface area (Å²) in [5.74, 6) is 0.399. The van der Waals surface area contributed by atoms with Gasteiger partial charge in [0.2, 0.25) is 6.33 Å². The Balaban J connectivity index is 0.00000243. The molecule has 1 aromatic carbocycles. The second-order valence-electron chi connectivity index (χ2n) is 6.90. The Hall–Kier alpha value is -1.57. The van der Waals surface area contributed by atoms with Crippen LogP contribution in [0.3, 0.4) is 0 Å². The number of aryl methyl sites for hydroxylation is 1. The van der Waals surface area contributed by atoms with E-state index in [1.165, 1.54) is 19.3 Å². The zero-order valence-electron chi connectivity index (χ0n) is 15.2. The smallest absolute Gasteiger partial charge is 0.310 e. The van der Waals surface area contributed by atoms with Gasteiger partial charge in [0.15, 0.2) is 0 Å². The summed E-state index contributed by atoms with van der Waals surface area (Å²) in [5, 5.41) is 10.6. The highest BCUT2D eigenvalue weighted by atomic mass is 127. The Labute approximate surface area is 172 Å². The molecule has 1 heterocycles. The number of nitrogens with zero attached hydrogens (tertiary/aromatic N) is 2. The van der Waals surface area contributed by atoms with E-state index in [1.54, 1.807) is 0 Å². The molecule has 1 saturated carbocycles. The van der Waals surface area contributed by atoms with Crippen molar-refractivity contribution in [2.45, 2.75) is 51.0 Å². The quantitative estimate of drug-likeness (QED) is 0.363. The third kappa shape index (κ3) is 5.46. The lowest BCUT2D eigenvalue weighted by Gasteiger charge is -2.23. The van der Waals surface area contributed by atoms with Crippen molar-refractivity contribution in [3.8, 4) is 5.75 Å². The van der Waals surface area contributed by atoms with Gasteiger partial charge in [0, 0.05) is 5.56 Å². The minimum absolute atomic E-state index is 0. The number of rotatable bonds is 6. The molecule has 0 bridgehead atoms. The predicted molar refractivity (Wildman–Crippen MR) is 94.2 cm³/mol. The lowest BCUT2D eigenvalue weighted by Crippen LogP contribution is -3.00. The van der Waals surface area contributed by atoms with Crippen molar-refractivity contribution in [1.82, 2.24) is 4.57 Å². The van der Waals surface area contributed by atoms with Crippen LogP contribution in [0.4, 0.5) is 0 Å². The van der Waals surface area contributed by atoms with Crippen LogP contribution in [0.5, 0.6) is 5.75 Å². The summed E-state index contributed by atoms with van der Waals surface area (Å²) in [5.41, 5.74) is 1.66.